The zero-order valence-electron chi connectivity index (χ0n) is 12.5. The summed E-state index contributed by atoms with van der Waals surface area (Å²) in [6, 6.07) is 4.85. The molecule has 0 radical (unpaired) electrons. The number of rotatable bonds is 5. The van der Waals surface area contributed by atoms with Gasteiger partial charge < -0.3 is 15.4 Å². The van der Waals surface area contributed by atoms with Crippen molar-refractivity contribution in [3.63, 3.8) is 0 Å². The van der Waals surface area contributed by atoms with E-state index < -0.39 is 0 Å². The molecule has 1 aromatic rings. The molecule has 7 heteroatoms. The molecule has 2 N–H and O–H groups in total. The predicted octanol–water partition coefficient (Wildman–Crippen LogP) is 3.16. The van der Waals surface area contributed by atoms with Crippen LogP contribution >= 0.6 is 35.6 Å². The van der Waals surface area contributed by atoms with Crippen LogP contribution in [-0.4, -0.2) is 39.3 Å². The maximum Gasteiger partial charge on any atom is 0.251 e. The van der Waals surface area contributed by atoms with E-state index in [0.29, 0.717) is 28.8 Å². The fourth-order valence-corrected chi connectivity index (χ4v) is 3.22. The van der Waals surface area contributed by atoms with Crippen LogP contribution in [0.2, 0.25) is 10.0 Å². The highest BCUT2D eigenvalue weighted by Gasteiger charge is 2.32. The molecular weight excluding hydrogens is 347 g/mol. The van der Waals surface area contributed by atoms with Crippen molar-refractivity contribution in [2.75, 3.05) is 33.4 Å². The minimum atomic E-state index is -0.159. The molecule has 1 aliphatic rings. The first kappa shape index (κ1) is 19.5. The summed E-state index contributed by atoms with van der Waals surface area (Å²) >= 11 is 11.9. The molecule has 1 heterocycles. The average molecular weight is 368 g/mol. The minimum Gasteiger partial charge on any atom is -0.384 e. The van der Waals surface area contributed by atoms with Gasteiger partial charge in [-0.25, -0.2) is 0 Å². The molecule has 0 aliphatic carbocycles. The fraction of sp³-hybridized carbons (Fsp3) is 0.533. The van der Waals surface area contributed by atoms with Gasteiger partial charge in [0.25, 0.3) is 5.91 Å². The van der Waals surface area contributed by atoms with Gasteiger partial charge in [0.05, 0.1) is 6.61 Å². The first-order chi connectivity index (χ1) is 10.0. The number of nitrogens with one attached hydrogen (secondary N) is 2. The van der Waals surface area contributed by atoms with Gasteiger partial charge in [0.1, 0.15) is 0 Å². The third kappa shape index (κ3) is 5.28. The van der Waals surface area contributed by atoms with Gasteiger partial charge in [-0.2, -0.15) is 0 Å². The van der Waals surface area contributed by atoms with Crippen LogP contribution in [0.1, 0.15) is 23.2 Å². The Morgan fingerprint density at radius 2 is 1.86 bits per heavy atom. The number of benzene rings is 1. The molecule has 4 nitrogen and oxygen atoms in total. The number of carbonyl (C=O) groups is 1. The Morgan fingerprint density at radius 1 is 1.27 bits per heavy atom. The van der Waals surface area contributed by atoms with Gasteiger partial charge in [0.2, 0.25) is 0 Å². The lowest BCUT2D eigenvalue weighted by molar-refractivity contribution is 0.0512. The van der Waals surface area contributed by atoms with E-state index in [1.54, 1.807) is 25.3 Å². The summed E-state index contributed by atoms with van der Waals surface area (Å²) in [5.74, 6) is -0.159. The number of hydrogen-bond acceptors (Lipinski definition) is 3. The lowest BCUT2D eigenvalue weighted by atomic mass is 9.79. The molecule has 0 spiro atoms. The van der Waals surface area contributed by atoms with Gasteiger partial charge in [-0.3, -0.25) is 4.79 Å². The summed E-state index contributed by atoms with van der Waals surface area (Å²) < 4.78 is 5.34. The summed E-state index contributed by atoms with van der Waals surface area (Å²) in [4.78, 5) is 12.3. The highest BCUT2D eigenvalue weighted by molar-refractivity contribution is 6.35. The smallest absolute Gasteiger partial charge is 0.251 e. The Labute approximate surface area is 147 Å². The van der Waals surface area contributed by atoms with E-state index in [4.69, 9.17) is 27.9 Å². The number of ether oxygens (including phenoxy) is 1. The SMILES string of the molecule is COCC1(CNC(=O)c2cc(Cl)cc(Cl)c2)CCNCC1.Cl. The van der Waals surface area contributed by atoms with Crippen LogP contribution in [0.3, 0.4) is 0 Å². The zero-order valence-corrected chi connectivity index (χ0v) is 14.8. The Kier molecular flexibility index (Phi) is 7.94. The second-order valence-electron chi connectivity index (χ2n) is 5.52. The third-order valence-corrected chi connectivity index (χ3v) is 4.30. The van der Waals surface area contributed by atoms with Gasteiger partial charge in [0.15, 0.2) is 0 Å². The van der Waals surface area contributed by atoms with E-state index in [2.05, 4.69) is 10.6 Å². The molecule has 1 aromatic carbocycles. The van der Waals surface area contributed by atoms with Crippen molar-refractivity contribution in [2.24, 2.45) is 5.41 Å². The van der Waals surface area contributed by atoms with Gasteiger partial charge >= 0.3 is 0 Å². The largest absolute Gasteiger partial charge is 0.384 e. The van der Waals surface area contributed by atoms with Crippen molar-refractivity contribution < 1.29 is 9.53 Å². The van der Waals surface area contributed by atoms with E-state index >= 15 is 0 Å². The summed E-state index contributed by atoms with van der Waals surface area (Å²) in [5, 5.41) is 7.23. The molecule has 1 amide bonds. The van der Waals surface area contributed by atoms with Crippen molar-refractivity contribution in [3.8, 4) is 0 Å². The van der Waals surface area contributed by atoms with E-state index in [1.807, 2.05) is 0 Å². The quantitative estimate of drug-likeness (QED) is 0.840. The normalized spacial score (nSPS) is 16.7. The highest BCUT2D eigenvalue weighted by atomic mass is 35.5. The van der Waals surface area contributed by atoms with Crippen molar-refractivity contribution in [1.82, 2.24) is 10.6 Å². The number of methoxy groups -OCH3 is 1. The number of amides is 1. The predicted molar refractivity (Wildman–Crippen MR) is 92.5 cm³/mol. The van der Waals surface area contributed by atoms with Gasteiger partial charge in [-0.15, -0.1) is 12.4 Å². The van der Waals surface area contributed by atoms with Crippen LogP contribution in [0.5, 0.6) is 0 Å². The van der Waals surface area contributed by atoms with Crippen LogP contribution in [0.4, 0.5) is 0 Å². The molecule has 1 aliphatic heterocycles. The van der Waals surface area contributed by atoms with Gasteiger partial charge in [0, 0.05) is 34.7 Å². The molecule has 0 saturated carbocycles. The molecule has 0 atom stereocenters. The van der Waals surface area contributed by atoms with Crippen molar-refractivity contribution in [1.29, 1.82) is 0 Å². The Morgan fingerprint density at radius 3 is 2.41 bits per heavy atom. The molecule has 22 heavy (non-hydrogen) atoms. The second-order valence-corrected chi connectivity index (χ2v) is 6.40. The van der Waals surface area contributed by atoms with Crippen molar-refractivity contribution >= 4 is 41.5 Å². The molecule has 0 aromatic heterocycles. The monoisotopic (exact) mass is 366 g/mol. The summed E-state index contributed by atoms with van der Waals surface area (Å²) in [6.45, 7) is 3.13. The van der Waals surface area contributed by atoms with Crippen LogP contribution in [0, 0.1) is 5.41 Å². The molecule has 0 bridgehead atoms. The van der Waals surface area contributed by atoms with Crippen LogP contribution in [-0.2, 0) is 4.74 Å². The van der Waals surface area contributed by atoms with E-state index in [-0.39, 0.29) is 23.7 Å². The van der Waals surface area contributed by atoms with Crippen molar-refractivity contribution in [3.05, 3.63) is 33.8 Å². The minimum absolute atomic E-state index is 0. The fourth-order valence-electron chi connectivity index (χ4n) is 2.69. The summed E-state index contributed by atoms with van der Waals surface area (Å²) in [7, 11) is 1.70. The first-order valence-corrected chi connectivity index (χ1v) is 7.74. The zero-order chi connectivity index (χ0) is 15.3. The topological polar surface area (TPSA) is 50.4 Å². The first-order valence-electron chi connectivity index (χ1n) is 6.99. The summed E-state index contributed by atoms with van der Waals surface area (Å²) in [6.07, 6.45) is 1.97. The Balaban J connectivity index is 0.00000242. The van der Waals surface area contributed by atoms with Crippen LogP contribution in [0.15, 0.2) is 18.2 Å². The standard InChI is InChI=1S/C15H20Cl2N2O2.ClH/c1-21-10-15(2-4-18-5-3-15)9-19-14(20)11-6-12(16)8-13(17)7-11;/h6-8,18H,2-5,9-10H2,1H3,(H,19,20);1H. The number of carbonyl (C=O) groups excluding carboxylic acids is 1. The molecular formula is C15H21Cl3N2O2. The number of piperidine rings is 1. The molecule has 1 fully saturated rings. The van der Waals surface area contributed by atoms with Crippen molar-refractivity contribution in [2.45, 2.75) is 12.8 Å². The van der Waals surface area contributed by atoms with E-state index in [0.717, 1.165) is 25.9 Å². The van der Waals surface area contributed by atoms with E-state index in [9.17, 15) is 4.79 Å². The molecule has 124 valence electrons. The Bertz CT molecular complexity index is 480. The average Bonchev–Trinajstić information content (AvgIpc) is 2.45. The van der Waals surface area contributed by atoms with E-state index in [1.165, 1.54) is 0 Å². The highest BCUT2D eigenvalue weighted by Crippen LogP contribution is 2.28. The third-order valence-electron chi connectivity index (χ3n) is 3.86. The maximum absolute atomic E-state index is 12.3. The van der Waals surface area contributed by atoms with Crippen LogP contribution < -0.4 is 10.6 Å². The summed E-state index contributed by atoms with van der Waals surface area (Å²) in [5.41, 5.74) is 0.479. The number of halogens is 3. The second kappa shape index (κ2) is 8.94. The molecule has 0 unspecified atom stereocenters. The Hall–Kier alpha value is -0.520. The van der Waals surface area contributed by atoms with Crippen LogP contribution in [0.25, 0.3) is 0 Å². The lowest BCUT2D eigenvalue weighted by Gasteiger charge is -2.37. The van der Waals surface area contributed by atoms with Gasteiger partial charge in [-0.05, 0) is 44.1 Å². The maximum atomic E-state index is 12.3. The molecule has 1 saturated heterocycles. The number of hydrogen-bond donors (Lipinski definition) is 2. The van der Waals surface area contributed by atoms with Gasteiger partial charge in [-0.1, -0.05) is 23.2 Å². The molecule has 2 rings (SSSR count). The lowest BCUT2D eigenvalue weighted by Crippen LogP contribution is -2.47.